The summed E-state index contributed by atoms with van der Waals surface area (Å²) in [5.41, 5.74) is -3.51. The maximum Gasteiger partial charge on any atom is 0.525 e. The highest BCUT2D eigenvalue weighted by Crippen LogP contribution is 2.39. The summed E-state index contributed by atoms with van der Waals surface area (Å²) in [4.78, 5) is 20.2. The first-order valence-corrected chi connectivity index (χ1v) is 7.10. The minimum absolute atomic E-state index is 0.113. The molecule has 8 nitrogen and oxygen atoms in total. The van der Waals surface area contributed by atoms with Crippen LogP contribution in [0, 0.1) is 20.2 Å². The Morgan fingerprint density at radius 1 is 1.12 bits per heavy atom. The number of nitro groups is 2. The number of non-ortho nitro benzene ring substituents is 1. The van der Waals surface area contributed by atoms with E-state index in [9.17, 15) is 24.6 Å². The number of hydrogen-bond donors (Lipinski definition) is 0. The van der Waals surface area contributed by atoms with Crippen LogP contribution < -0.4 is 0 Å². The van der Waals surface area contributed by atoms with Gasteiger partial charge in [-0.3, -0.25) is 20.2 Å². The topological polar surface area (TPSA) is 105 Å². The average molecular weight is 338 g/mol. The molecule has 0 radical (unpaired) electrons. The van der Waals surface area contributed by atoms with E-state index in [0.717, 1.165) is 24.3 Å². The fourth-order valence-electron chi connectivity index (χ4n) is 2.10. The van der Waals surface area contributed by atoms with Gasteiger partial charge in [-0.05, 0) is 39.8 Å². The van der Waals surface area contributed by atoms with Gasteiger partial charge in [-0.2, -0.15) is 0 Å². The third-order valence-electron chi connectivity index (χ3n) is 4.19. The molecular weight excluding hydrogens is 322 g/mol. The van der Waals surface area contributed by atoms with Gasteiger partial charge in [0.05, 0.1) is 32.7 Å². The van der Waals surface area contributed by atoms with Gasteiger partial charge in [-0.15, -0.1) is 0 Å². The van der Waals surface area contributed by atoms with Crippen LogP contribution in [0.2, 0.25) is 0 Å². The first-order valence-electron chi connectivity index (χ1n) is 7.10. The van der Waals surface area contributed by atoms with Crippen LogP contribution in [-0.2, 0) is 9.31 Å². The van der Waals surface area contributed by atoms with Crippen molar-refractivity contribution in [3.63, 3.8) is 0 Å². The predicted molar refractivity (Wildman–Crippen MR) is 84.9 cm³/mol. The molecule has 1 heterocycles. The lowest BCUT2D eigenvalue weighted by atomic mass is 9.86. The summed E-state index contributed by atoms with van der Waals surface area (Å²) < 4.78 is 25.5. The predicted octanol–water partition coefficient (Wildman–Crippen LogP) is 3.44. The van der Waals surface area contributed by atoms with E-state index in [1.807, 2.05) is 0 Å². The van der Waals surface area contributed by atoms with Crippen molar-refractivity contribution in [3.8, 4) is 0 Å². The standard InChI is InChI=1S/C14H16BFN2O6/c1-13(2)14(3,4)24-15(23-13)12(16)7-9-5-6-10(17(19)20)8-11(9)18(21)22/h5-8H,1-4H3. The van der Waals surface area contributed by atoms with Crippen molar-refractivity contribution in [1.82, 2.24) is 0 Å². The first-order chi connectivity index (χ1) is 10.9. The van der Waals surface area contributed by atoms with Crippen LogP contribution in [0.4, 0.5) is 15.8 Å². The summed E-state index contributed by atoms with van der Waals surface area (Å²) in [7, 11) is -1.30. The van der Waals surface area contributed by atoms with Crippen molar-refractivity contribution in [3.05, 3.63) is 49.7 Å². The monoisotopic (exact) mass is 338 g/mol. The minimum Gasteiger partial charge on any atom is -0.398 e. The summed E-state index contributed by atoms with van der Waals surface area (Å²) in [6, 6.07) is 2.96. The highest BCUT2D eigenvalue weighted by Gasteiger charge is 2.53. The molecule has 0 aliphatic carbocycles. The molecule has 2 rings (SSSR count). The van der Waals surface area contributed by atoms with Crippen molar-refractivity contribution in [1.29, 1.82) is 0 Å². The lowest BCUT2D eigenvalue weighted by Crippen LogP contribution is -2.41. The maximum absolute atomic E-state index is 14.4. The van der Waals surface area contributed by atoms with Gasteiger partial charge in [-0.1, -0.05) is 0 Å². The van der Waals surface area contributed by atoms with Crippen LogP contribution >= 0.6 is 0 Å². The second-order valence-electron chi connectivity index (χ2n) is 6.37. The minimum atomic E-state index is -1.30. The molecule has 0 atom stereocenters. The second-order valence-corrected chi connectivity index (χ2v) is 6.37. The molecule has 128 valence electrons. The molecule has 1 aromatic carbocycles. The van der Waals surface area contributed by atoms with E-state index < -0.39 is 45.3 Å². The smallest absolute Gasteiger partial charge is 0.398 e. The van der Waals surface area contributed by atoms with E-state index >= 15 is 0 Å². The van der Waals surface area contributed by atoms with Gasteiger partial charge in [0.25, 0.3) is 11.4 Å². The molecule has 1 aromatic rings. The molecule has 0 unspecified atom stereocenters. The number of rotatable bonds is 4. The highest BCUT2D eigenvalue weighted by atomic mass is 19.1. The number of benzene rings is 1. The first kappa shape index (κ1) is 18.0. The zero-order valence-corrected chi connectivity index (χ0v) is 13.6. The van der Waals surface area contributed by atoms with Crippen LogP contribution in [0.15, 0.2) is 23.9 Å². The molecule has 0 bridgehead atoms. The van der Waals surface area contributed by atoms with Gasteiger partial charge in [0, 0.05) is 6.07 Å². The zero-order chi connectivity index (χ0) is 18.3. The molecule has 1 aliphatic heterocycles. The van der Waals surface area contributed by atoms with Gasteiger partial charge in [0.1, 0.15) is 5.73 Å². The Morgan fingerprint density at radius 3 is 2.12 bits per heavy atom. The Hall–Kier alpha value is -2.33. The lowest BCUT2D eigenvalue weighted by molar-refractivity contribution is -0.394. The quantitative estimate of drug-likeness (QED) is 0.473. The van der Waals surface area contributed by atoms with E-state index in [0.29, 0.717) is 0 Å². The number of hydrogen-bond acceptors (Lipinski definition) is 6. The third kappa shape index (κ3) is 3.29. The van der Waals surface area contributed by atoms with Gasteiger partial charge in [-0.25, -0.2) is 4.39 Å². The Labute approximate surface area is 137 Å². The van der Waals surface area contributed by atoms with Gasteiger partial charge >= 0.3 is 7.12 Å². The Kier molecular flexibility index (Phi) is 4.47. The molecular formula is C14H16BFN2O6. The molecule has 0 spiro atoms. The van der Waals surface area contributed by atoms with Crippen molar-refractivity contribution in [2.75, 3.05) is 0 Å². The fraction of sp³-hybridized carbons (Fsp3) is 0.429. The van der Waals surface area contributed by atoms with E-state index in [1.54, 1.807) is 27.7 Å². The third-order valence-corrected chi connectivity index (χ3v) is 4.19. The molecule has 0 amide bonds. The normalized spacial score (nSPS) is 19.4. The Bertz CT molecular complexity index is 718. The number of nitrogens with zero attached hydrogens (tertiary/aromatic N) is 2. The maximum atomic E-state index is 14.4. The molecule has 10 heteroatoms. The van der Waals surface area contributed by atoms with Crippen LogP contribution in [0.1, 0.15) is 33.3 Å². The SMILES string of the molecule is CC1(C)OB(C(F)=Cc2ccc([N+](=O)[O-])cc2[N+](=O)[O-])OC1(C)C. The van der Waals surface area contributed by atoms with Crippen LogP contribution in [0.3, 0.4) is 0 Å². The molecule has 0 aromatic heterocycles. The summed E-state index contributed by atoms with van der Waals surface area (Å²) in [6.07, 6.45) is 0.893. The van der Waals surface area contributed by atoms with Crippen molar-refractivity contribution in [2.24, 2.45) is 0 Å². The highest BCUT2D eigenvalue weighted by molar-refractivity contribution is 6.54. The fourth-order valence-corrected chi connectivity index (χ4v) is 2.10. The van der Waals surface area contributed by atoms with Crippen molar-refractivity contribution >= 4 is 24.6 Å². The van der Waals surface area contributed by atoms with Crippen molar-refractivity contribution in [2.45, 2.75) is 38.9 Å². The summed E-state index contributed by atoms with van der Waals surface area (Å²) >= 11 is 0. The second kappa shape index (κ2) is 5.95. The van der Waals surface area contributed by atoms with E-state index in [1.165, 1.54) is 0 Å². The van der Waals surface area contributed by atoms with Crippen molar-refractivity contribution < 1.29 is 23.5 Å². The Morgan fingerprint density at radius 2 is 1.67 bits per heavy atom. The van der Waals surface area contributed by atoms with E-state index in [2.05, 4.69) is 0 Å². The van der Waals surface area contributed by atoms with Crippen LogP contribution in [0.25, 0.3) is 6.08 Å². The molecule has 1 fully saturated rings. The van der Waals surface area contributed by atoms with Crippen LogP contribution in [0.5, 0.6) is 0 Å². The van der Waals surface area contributed by atoms with E-state index in [-0.39, 0.29) is 5.56 Å². The average Bonchev–Trinajstić information content (AvgIpc) is 2.67. The van der Waals surface area contributed by atoms with Crippen LogP contribution in [-0.4, -0.2) is 28.2 Å². The summed E-state index contributed by atoms with van der Waals surface area (Å²) in [5.74, 6) is 0. The zero-order valence-electron chi connectivity index (χ0n) is 13.6. The van der Waals surface area contributed by atoms with E-state index in [4.69, 9.17) is 9.31 Å². The molecule has 1 aliphatic rings. The van der Waals surface area contributed by atoms with Gasteiger partial charge in [0.15, 0.2) is 0 Å². The lowest BCUT2D eigenvalue weighted by Gasteiger charge is -2.32. The number of halogens is 1. The molecule has 0 saturated carbocycles. The number of nitro benzene ring substituents is 2. The van der Waals surface area contributed by atoms with Gasteiger partial charge in [0.2, 0.25) is 0 Å². The summed E-state index contributed by atoms with van der Waals surface area (Å²) in [5, 5.41) is 21.8. The van der Waals surface area contributed by atoms with Gasteiger partial charge < -0.3 is 9.31 Å². The Balaban J connectivity index is 2.38. The summed E-state index contributed by atoms with van der Waals surface area (Å²) in [6.45, 7) is 6.98. The molecule has 24 heavy (non-hydrogen) atoms. The molecule has 0 N–H and O–H groups in total. The molecule has 1 saturated heterocycles. The largest absolute Gasteiger partial charge is 0.525 e.